The Bertz CT molecular complexity index is 1440. The maximum atomic E-state index is 13.5. The molecule has 1 aromatic carbocycles. The number of esters is 3. The van der Waals surface area contributed by atoms with Gasteiger partial charge in [-0.2, -0.15) is 0 Å². The lowest BCUT2D eigenvalue weighted by atomic mass is 9.74. The van der Waals surface area contributed by atoms with E-state index in [1.54, 1.807) is 38.1 Å². The summed E-state index contributed by atoms with van der Waals surface area (Å²) in [5.74, 6) is -4.67. The average Bonchev–Trinajstić information content (AvgIpc) is 3.08. The summed E-state index contributed by atoms with van der Waals surface area (Å²) in [5.41, 5.74) is 5.14. The third-order valence-electron chi connectivity index (χ3n) is 9.92. The molecule has 0 saturated carbocycles. The maximum absolute atomic E-state index is 13.5. The van der Waals surface area contributed by atoms with Gasteiger partial charge in [-0.15, -0.1) is 0 Å². The molecule has 9 atom stereocenters. The van der Waals surface area contributed by atoms with E-state index >= 15 is 0 Å². The van der Waals surface area contributed by atoms with Gasteiger partial charge in [0.1, 0.15) is 6.10 Å². The van der Waals surface area contributed by atoms with E-state index < -0.39 is 66.4 Å². The number of rotatable bonds is 4. The molecule has 4 aliphatic rings. The number of fused-ring (bicyclic) bond motifs is 6. The molecule has 0 aromatic heterocycles. The molecule has 282 valence electrons. The van der Waals surface area contributed by atoms with Crippen molar-refractivity contribution in [2.45, 2.75) is 126 Å². The first-order valence-electron chi connectivity index (χ1n) is 17.6. The van der Waals surface area contributed by atoms with E-state index in [2.05, 4.69) is 0 Å². The zero-order chi connectivity index (χ0) is 36.8. The lowest BCUT2D eigenvalue weighted by Gasteiger charge is -2.51. The van der Waals surface area contributed by atoms with Crippen LogP contribution < -0.4 is 5.73 Å². The minimum Gasteiger partial charge on any atom is -0.466 e. The smallest absolute Gasteiger partial charge is 0.339 e. The van der Waals surface area contributed by atoms with Gasteiger partial charge >= 0.3 is 17.9 Å². The Morgan fingerprint density at radius 2 is 1.78 bits per heavy atom. The number of aliphatic hydroxyl groups is 3. The Morgan fingerprint density at radius 3 is 2.51 bits per heavy atom. The van der Waals surface area contributed by atoms with Crippen LogP contribution in [0.15, 0.2) is 48.1 Å². The van der Waals surface area contributed by atoms with Gasteiger partial charge in [0.15, 0.2) is 12.4 Å². The summed E-state index contributed by atoms with van der Waals surface area (Å²) in [6.07, 6.45) is 2.08. The van der Waals surface area contributed by atoms with Crippen molar-refractivity contribution in [3.63, 3.8) is 0 Å². The van der Waals surface area contributed by atoms with Crippen LogP contribution in [0.3, 0.4) is 0 Å². The summed E-state index contributed by atoms with van der Waals surface area (Å²) in [4.78, 5) is 39.2. The fourth-order valence-corrected chi connectivity index (χ4v) is 7.15. The summed E-state index contributed by atoms with van der Waals surface area (Å²) in [7, 11) is 1.19. The molecule has 4 heterocycles. The number of cyclic esters (lactones) is 1. The van der Waals surface area contributed by atoms with Crippen LogP contribution in [0.4, 0.5) is 5.69 Å². The van der Waals surface area contributed by atoms with E-state index in [0.29, 0.717) is 25.1 Å². The first-order chi connectivity index (χ1) is 24.3. The molecule has 5 N–H and O–H groups in total. The molecule has 0 amide bonds. The Hall–Kier alpha value is -3.37. The molecule has 3 fully saturated rings. The number of anilines is 1. The lowest BCUT2D eigenvalue weighted by molar-refractivity contribution is -0.324. The third-order valence-corrected chi connectivity index (χ3v) is 9.92. The van der Waals surface area contributed by atoms with Crippen LogP contribution in [0, 0.1) is 5.41 Å². The molecule has 14 nitrogen and oxygen atoms in total. The van der Waals surface area contributed by atoms with Crippen LogP contribution in [0.1, 0.15) is 82.0 Å². The molecule has 6 bridgehead atoms. The van der Waals surface area contributed by atoms with E-state index in [1.165, 1.54) is 19.2 Å². The zero-order valence-electron chi connectivity index (χ0n) is 29.4. The number of ether oxygens (including phenoxy) is 7. The molecule has 3 saturated heterocycles. The fraction of sp³-hybridized carbons (Fsp3) is 0.649. The van der Waals surface area contributed by atoms with E-state index in [1.807, 2.05) is 0 Å². The second kappa shape index (κ2) is 17.0. The molecule has 5 rings (SSSR count). The van der Waals surface area contributed by atoms with Crippen molar-refractivity contribution in [1.82, 2.24) is 0 Å². The first kappa shape index (κ1) is 38.9. The average molecular weight is 718 g/mol. The van der Waals surface area contributed by atoms with Crippen molar-refractivity contribution in [1.29, 1.82) is 0 Å². The monoisotopic (exact) mass is 717 g/mol. The molecule has 51 heavy (non-hydrogen) atoms. The molecule has 4 aliphatic heterocycles. The molecule has 0 radical (unpaired) electrons. The number of aliphatic hydroxyl groups excluding tert-OH is 2. The number of nitrogens with two attached hydrogens (primary N) is 1. The van der Waals surface area contributed by atoms with Gasteiger partial charge < -0.3 is 54.2 Å². The minimum absolute atomic E-state index is 0.0700. The van der Waals surface area contributed by atoms with E-state index in [4.69, 9.17) is 38.9 Å². The Labute approximate surface area is 297 Å². The predicted molar refractivity (Wildman–Crippen MR) is 181 cm³/mol. The predicted octanol–water partition coefficient (Wildman–Crippen LogP) is 2.86. The summed E-state index contributed by atoms with van der Waals surface area (Å²) in [6.45, 7) is 3.17. The van der Waals surface area contributed by atoms with Crippen LogP contribution in [0.2, 0.25) is 0 Å². The van der Waals surface area contributed by atoms with Crippen molar-refractivity contribution in [2.75, 3.05) is 26.1 Å². The van der Waals surface area contributed by atoms with E-state index in [-0.39, 0.29) is 55.1 Å². The van der Waals surface area contributed by atoms with Crippen molar-refractivity contribution in [2.24, 2.45) is 5.41 Å². The summed E-state index contributed by atoms with van der Waals surface area (Å²) in [6, 6.07) is 6.11. The van der Waals surface area contributed by atoms with Gasteiger partial charge in [-0.3, -0.25) is 4.79 Å². The van der Waals surface area contributed by atoms with Crippen molar-refractivity contribution >= 4 is 23.6 Å². The maximum Gasteiger partial charge on any atom is 0.339 e. The molecule has 14 heteroatoms. The van der Waals surface area contributed by atoms with Gasteiger partial charge in [0.2, 0.25) is 5.79 Å². The van der Waals surface area contributed by atoms with Crippen LogP contribution in [0.25, 0.3) is 0 Å². The Balaban J connectivity index is 1.52. The van der Waals surface area contributed by atoms with Crippen LogP contribution in [0.5, 0.6) is 0 Å². The number of hydrogen-bond acceptors (Lipinski definition) is 14. The number of benzene rings is 1. The van der Waals surface area contributed by atoms with Gasteiger partial charge in [0.05, 0.1) is 62.8 Å². The third kappa shape index (κ3) is 9.95. The van der Waals surface area contributed by atoms with E-state index in [9.17, 15) is 29.7 Å². The Kier molecular flexibility index (Phi) is 12.9. The highest BCUT2D eigenvalue weighted by atomic mass is 16.7. The zero-order valence-corrected chi connectivity index (χ0v) is 29.4. The molecular weight excluding hydrogens is 666 g/mol. The summed E-state index contributed by atoms with van der Waals surface area (Å²) in [5, 5.41) is 33.7. The fourth-order valence-electron chi connectivity index (χ4n) is 7.15. The number of carbonyl (C=O) groups is 3. The number of methoxy groups -OCH3 is 1. The molecule has 0 aliphatic carbocycles. The van der Waals surface area contributed by atoms with Crippen LogP contribution >= 0.6 is 0 Å². The van der Waals surface area contributed by atoms with Crippen LogP contribution in [-0.4, -0.2) is 108 Å². The number of hydrogen-bond donors (Lipinski definition) is 4. The Morgan fingerprint density at radius 1 is 1.04 bits per heavy atom. The van der Waals surface area contributed by atoms with Gasteiger partial charge in [0.25, 0.3) is 0 Å². The topological polar surface area (TPSA) is 203 Å². The van der Waals surface area contributed by atoms with Gasteiger partial charge in [0, 0.05) is 30.0 Å². The minimum atomic E-state index is -2.34. The molecule has 1 aromatic rings. The first-order valence-corrected chi connectivity index (χ1v) is 17.6. The second-order valence-electron chi connectivity index (χ2n) is 14.3. The van der Waals surface area contributed by atoms with Gasteiger partial charge in [-0.25, -0.2) is 9.59 Å². The molecular formula is C37H51NO13. The van der Waals surface area contributed by atoms with E-state index in [0.717, 1.165) is 25.3 Å². The molecule has 0 unspecified atom stereocenters. The number of nitrogen functional groups attached to an aromatic ring is 1. The van der Waals surface area contributed by atoms with Gasteiger partial charge in [-0.1, -0.05) is 26.0 Å². The van der Waals surface area contributed by atoms with Crippen molar-refractivity contribution in [3.05, 3.63) is 53.6 Å². The highest BCUT2D eigenvalue weighted by Crippen LogP contribution is 2.47. The standard InChI is InChI=1S/C37H51NO13/c1-36(2)12-10-33-46-13-11-28(49-33)19-27-9-5-8-26(47-27)17-25(40)18-32(42)48-30(21-39)20-29-15-23(16-31(41)45-3)34(37(36,44)51-29)50-35(43)22-6-4-7-24(38)14-22/h4,6-7,10,12,14,16,25-30,33-34,39-40,44H,5,8-9,11,13,15,17-21,38H2,1-3H3/b12-10+,23-16+/t25-,26+,27-,28+,29+,30-,33+,34+,37-/m1/s1. The SMILES string of the molecule is COC(=O)/C=C1\C[C@H]2C[C@H](CO)OC(=O)C[C@H](O)C[C@@H]3CCC[C@H](C[C@@H]4CCO[C@H](/C=C/C(C)(C)[C@](O)(O2)[C@H]1OC(=O)c1cccc(N)c1)O4)O3. The summed E-state index contributed by atoms with van der Waals surface area (Å²) >= 11 is 0. The highest BCUT2D eigenvalue weighted by Gasteiger charge is 2.57. The summed E-state index contributed by atoms with van der Waals surface area (Å²) < 4.78 is 41.3. The molecule has 0 spiro atoms. The normalized spacial score (nSPS) is 36.3. The second-order valence-corrected chi connectivity index (χ2v) is 14.3. The number of carbonyl (C=O) groups excluding carboxylic acids is 3. The van der Waals surface area contributed by atoms with Crippen molar-refractivity contribution < 1.29 is 62.9 Å². The quantitative estimate of drug-likeness (QED) is 0.116. The lowest BCUT2D eigenvalue weighted by Crippen LogP contribution is -2.62. The van der Waals surface area contributed by atoms with Gasteiger partial charge in [-0.05, 0) is 68.4 Å². The van der Waals surface area contributed by atoms with Crippen LogP contribution in [-0.2, 0) is 42.7 Å². The van der Waals surface area contributed by atoms with Crippen molar-refractivity contribution in [3.8, 4) is 0 Å². The highest BCUT2D eigenvalue weighted by molar-refractivity contribution is 5.91. The largest absolute Gasteiger partial charge is 0.466 e.